The van der Waals surface area contributed by atoms with Gasteiger partial charge in [-0.1, -0.05) is 59.8 Å². The lowest BCUT2D eigenvalue weighted by Gasteiger charge is -2.08. The molecule has 126 valence electrons. The molecule has 26 heavy (non-hydrogen) atoms. The highest BCUT2D eigenvalue weighted by Gasteiger charge is 2.14. The number of hydrogen-bond acceptors (Lipinski definition) is 3. The fourth-order valence-corrected chi connectivity index (χ4v) is 4.35. The molecule has 0 radical (unpaired) electrons. The first kappa shape index (κ1) is 15.7. The molecule has 2 heterocycles. The molecule has 0 amide bonds. The molecule has 2 aromatic heterocycles. The van der Waals surface area contributed by atoms with Gasteiger partial charge in [-0.3, -0.25) is 4.40 Å². The first-order chi connectivity index (χ1) is 12.8. The lowest BCUT2D eigenvalue weighted by Crippen LogP contribution is -1.97. The molecule has 5 heteroatoms. The number of hydrogen-bond donors (Lipinski definition) is 0. The maximum Gasteiger partial charge on any atom is 0.175 e. The van der Waals surface area contributed by atoms with E-state index in [1.807, 2.05) is 54.6 Å². The monoisotopic (exact) mass is 375 g/mol. The van der Waals surface area contributed by atoms with Crippen molar-refractivity contribution in [1.29, 1.82) is 0 Å². The van der Waals surface area contributed by atoms with E-state index in [1.165, 1.54) is 5.56 Å². The average molecular weight is 376 g/mol. The van der Waals surface area contributed by atoms with Crippen LogP contribution in [0.4, 0.5) is 0 Å². The van der Waals surface area contributed by atoms with Crippen molar-refractivity contribution in [2.75, 3.05) is 0 Å². The molecule has 0 fully saturated rings. The van der Waals surface area contributed by atoms with Gasteiger partial charge in [0.1, 0.15) is 5.65 Å². The van der Waals surface area contributed by atoms with Crippen LogP contribution in [0.1, 0.15) is 5.56 Å². The van der Waals surface area contributed by atoms with Crippen molar-refractivity contribution >= 4 is 50.9 Å². The molecule has 0 N–H and O–H groups in total. The van der Waals surface area contributed by atoms with Gasteiger partial charge in [-0.05, 0) is 42.0 Å². The SMILES string of the molecule is Clc1cccc(CSc2nc3ccccc3c3nc4ccccc4n23)c1. The lowest BCUT2D eigenvalue weighted by molar-refractivity contribution is 0.952. The molecule has 0 atom stereocenters. The smallest absolute Gasteiger partial charge is 0.175 e. The third-order valence-corrected chi connectivity index (χ3v) is 5.61. The van der Waals surface area contributed by atoms with Crippen molar-refractivity contribution in [1.82, 2.24) is 14.4 Å². The summed E-state index contributed by atoms with van der Waals surface area (Å²) in [7, 11) is 0. The number of fused-ring (bicyclic) bond motifs is 5. The molecular formula is C21H14ClN3S. The van der Waals surface area contributed by atoms with Crippen LogP contribution >= 0.6 is 23.4 Å². The van der Waals surface area contributed by atoms with Crippen LogP contribution in [-0.4, -0.2) is 14.4 Å². The number of rotatable bonds is 3. The average Bonchev–Trinajstić information content (AvgIpc) is 3.06. The molecule has 5 rings (SSSR count). The molecular weight excluding hydrogens is 362 g/mol. The van der Waals surface area contributed by atoms with Gasteiger partial charge in [0.15, 0.2) is 5.16 Å². The van der Waals surface area contributed by atoms with Crippen molar-refractivity contribution in [3.63, 3.8) is 0 Å². The Hall–Kier alpha value is -2.56. The highest BCUT2D eigenvalue weighted by molar-refractivity contribution is 7.98. The minimum Gasteiger partial charge on any atom is -0.271 e. The minimum absolute atomic E-state index is 0.757. The zero-order valence-corrected chi connectivity index (χ0v) is 15.3. The van der Waals surface area contributed by atoms with Gasteiger partial charge in [0.05, 0.1) is 16.6 Å². The third-order valence-electron chi connectivity index (χ3n) is 4.37. The lowest BCUT2D eigenvalue weighted by atomic mass is 10.2. The molecule has 0 unspecified atom stereocenters. The second-order valence-electron chi connectivity index (χ2n) is 6.09. The van der Waals surface area contributed by atoms with E-state index in [9.17, 15) is 0 Å². The van der Waals surface area contributed by atoms with E-state index in [0.29, 0.717) is 0 Å². The Labute approximate surface area is 159 Å². The second-order valence-corrected chi connectivity index (χ2v) is 7.47. The maximum atomic E-state index is 6.12. The van der Waals surface area contributed by atoms with E-state index in [4.69, 9.17) is 21.6 Å². The maximum absolute atomic E-state index is 6.12. The molecule has 0 aliphatic rings. The van der Waals surface area contributed by atoms with Crippen LogP contribution in [0.3, 0.4) is 0 Å². The number of benzene rings is 3. The van der Waals surface area contributed by atoms with Gasteiger partial charge in [0.25, 0.3) is 0 Å². The fourth-order valence-electron chi connectivity index (χ4n) is 3.19. The number of halogens is 1. The van der Waals surface area contributed by atoms with Crippen LogP contribution in [-0.2, 0) is 5.75 Å². The Kier molecular flexibility index (Phi) is 3.80. The van der Waals surface area contributed by atoms with Crippen molar-refractivity contribution in [3.05, 3.63) is 83.4 Å². The zero-order chi connectivity index (χ0) is 17.5. The zero-order valence-electron chi connectivity index (χ0n) is 13.8. The normalized spacial score (nSPS) is 11.6. The summed E-state index contributed by atoms with van der Waals surface area (Å²) in [4.78, 5) is 9.78. The van der Waals surface area contributed by atoms with Gasteiger partial charge < -0.3 is 0 Å². The Morgan fingerprint density at radius 2 is 1.65 bits per heavy atom. The number of aromatic nitrogens is 3. The number of para-hydroxylation sites is 3. The molecule has 0 bridgehead atoms. The highest BCUT2D eigenvalue weighted by Crippen LogP contribution is 2.30. The molecule has 0 aliphatic heterocycles. The number of thioether (sulfide) groups is 1. The summed E-state index contributed by atoms with van der Waals surface area (Å²) in [5.41, 5.74) is 5.15. The van der Waals surface area contributed by atoms with Gasteiger partial charge >= 0.3 is 0 Å². The number of nitrogens with zero attached hydrogens (tertiary/aromatic N) is 3. The Balaban J connectivity index is 1.71. The molecule has 0 saturated heterocycles. The fraction of sp³-hybridized carbons (Fsp3) is 0.0476. The van der Waals surface area contributed by atoms with Gasteiger partial charge in [0.2, 0.25) is 0 Å². The Morgan fingerprint density at radius 1 is 0.846 bits per heavy atom. The van der Waals surface area contributed by atoms with Gasteiger partial charge in [-0.2, -0.15) is 0 Å². The van der Waals surface area contributed by atoms with Crippen LogP contribution < -0.4 is 0 Å². The summed E-state index contributed by atoms with van der Waals surface area (Å²) in [5, 5.41) is 2.76. The van der Waals surface area contributed by atoms with E-state index in [0.717, 1.165) is 43.5 Å². The molecule has 3 nitrogen and oxygen atoms in total. The standard InChI is InChI=1S/C21H14ClN3S/c22-15-7-5-6-14(12-15)13-26-21-24-17-9-2-1-8-16(17)20-23-18-10-3-4-11-19(18)25(20)21/h1-12H,13H2. The van der Waals surface area contributed by atoms with Crippen molar-refractivity contribution < 1.29 is 0 Å². The van der Waals surface area contributed by atoms with E-state index in [-0.39, 0.29) is 0 Å². The van der Waals surface area contributed by atoms with Crippen LogP contribution in [0.5, 0.6) is 0 Å². The first-order valence-corrected chi connectivity index (χ1v) is 9.69. The third kappa shape index (κ3) is 2.62. The van der Waals surface area contributed by atoms with Gasteiger partial charge in [-0.15, -0.1) is 0 Å². The van der Waals surface area contributed by atoms with Gasteiger partial charge in [0, 0.05) is 16.2 Å². The predicted molar refractivity (Wildman–Crippen MR) is 109 cm³/mol. The summed E-state index contributed by atoms with van der Waals surface area (Å²) in [6.45, 7) is 0. The van der Waals surface area contributed by atoms with Crippen LogP contribution in [0.2, 0.25) is 5.02 Å². The molecule has 0 spiro atoms. The molecule has 3 aromatic carbocycles. The molecule has 0 aliphatic carbocycles. The summed E-state index contributed by atoms with van der Waals surface area (Å²) >= 11 is 7.82. The topological polar surface area (TPSA) is 30.2 Å². The van der Waals surface area contributed by atoms with E-state index >= 15 is 0 Å². The quantitative estimate of drug-likeness (QED) is 0.287. The summed E-state index contributed by atoms with van der Waals surface area (Å²) < 4.78 is 2.16. The van der Waals surface area contributed by atoms with E-state index in [1.54, 1.807) is 11.8 Å². The molecule has 5 aromatic rings. The Morgan fingerprint density at radius 3 is 2.54 bits per heavy atom. The summed E-state index contributed by atoms with van der Waals surface area (Å²) in [6.07, 6.45) is 0. The largest absolute Gasteiger partial charge is 0.271 e. The molecule has 0 saturated carbocycles. The summed E-state index contributed by atoms with van der Waals surface area (Å²) in [6, 6.07) is 24.3. The van der Waals surface area contributed by atoms with Crippen molar-refractivity contribution in [3.8, 4) is 0 Å². The van der Waals surface area contributed by atoms with Crippen LogP contribution in [0.15, 0.2) is 78.0 Å². The van der Waals surface area contributed by atoms with Crippen molar-refractivity contribution in [2.24, 2.45) is 0 Å². The first-order valence-electron chi connectivity index (χ1n) is 8.33. The van der Waals surface area contributed by atoms with Crippen LogP contribution in [0, 0.1) is 0 Å². The Bertz CT molecular complexity index is 1260. The van der Waals surface area contributed by atoms with Gasteiger partial charge in [-0.25, -0.2) is 9.97 Å². The predicted octanol–water partition coefficient (Wildman–Crippen LogP) is 5.98. The van der Waals surface area contributed by atoms with E-state index < -0.39 is 0 Å². The van der Waals surface area contributed by atoms with Crippen molar-refractivity contribution in [2.45, 2.75) is 10.9 Å². The van der Waals surface area contributed by atoms with Crippen LogP contribution in [0.25, 0.3) is 27.6 Å². The second kappa shape index (κ2) is 6.31. The highest BCUT2D eigenvalue weighted by atomic mass is 35.5. The van der Waals surface area contributed by atoms with E-state index in [2.05, 4.69) is 22.6 Å². The summed E-state index contributed by atoms with van der Waals surface area (Å²) in [5.74, 6) is 0.799. The minimum atomic E-state index is 0.757. The number of imidazole rings is 1.